The Morgan fingerprint density at radius 2 is 2.19 bits per heavy atom. The van der Waals surface area contributed by atoms with E-state index >= 15 is 0 Å². The summed E-state index contributed by atoms with van der Waals surface area (Å²) in [6, 6.07) is 4.17. The molecule has 0 N–H and O–H groups in total. The summed E-state index contributed by atoms with van der Waals surface area (Å²) in [5.74, 6) is 0.952. The van der Waals surface area contributed by atoms with E-state index in [9.17, 15) is 0 Å². The van der Waals surface area contributed by atoms with Crippen LogP contribution in [-0.2, 0) is 0 Å². The van der Waals surface area contributed by atoms with Crippen LogP contribution in [0.2, 0.25) is 0 Å². The number of rotatable bonds is 3. The first-order valence-corrected chi connectivity index (χ1v) is 8.05. The van der Waals surface area contributed by atoms with E-state index in [4.69, 9.17) is 4.74 Å². The molecule has 16 heavy (non-hydrogen) atoms. The van der Waals surface area contributed by atoms with Crippen LogP contribution >= 0.6 is 54.5 Å². The van der Waals surface area contributed by atoms with Gasteiger partial charge in [-0.05, 0) is 45.9 Å². The lowest BCUT2D eigenvalue weighted by molar-refractivity contribution is 0.413. The predicted molar refractivity (Wildman–Crippen MR) is 78.4 cm³/mol. The van der Waals surface area contributed by atoms with Crippen LogP contribution in [0.25, 0.3) is 0 Å². The highest BCUT2D eigenvalue weighted by Gasteiger charge is 2.20. The molecule has 2 aromatic rings. The third-order valence-corrected chi connectivity index (χ3v) is 6.09. The number of thiophene rings is 2. The fraction of sp³-hybridized carbons (Fsp3) is 0.273. The third-order valence-electron chi connectivity index (χ3n) is 2.31. The van der Waals surface area contributed by atoms with E-state index in [1.165, 1.54) is 19.1 Å². The summed E-state index contributed by atoms with van der Waals surface area (Å²) in [5, 5.41) is 2.05. The Hall–Kier alpha value is 0.160. The van der Waals surface area contributed by atoms with Crippen LogP contribution in [-0.4, -0.2) is 7.11 Å². The highest BCUT2D eigenvalue weighted by Crippen LogP contribution is 2.44. The maximum absolute atomic E-state index is 5.35. The number of methoxy groups -OCH3 is 1. The molecular weight excluding hydrogens is 372 g/mol. The van der Waals surface area contributed by atoms with Gasteiger partial charge in [-0.15, -0.1) is 22.7 Å². The molecule has 0 saturated heterocycles. The molecule has 1 nitrogen and oxygen atoms in total. The minimum Gasteiger partial charge on any atom is -0.496 e. The molecule has 2 aromatic heterocycles. The standard InChI is InChI=1S/C11H10Br2OS2/c1-6-7(5-9(12)16-6)10(13)11-8(14-2)3-4-15-11/h3-5,10H,1-2H3. The zero-order valence-corrected chi connectivity index (χ0v) is 13.6. The van der Waals surface area contributed by atoms with Gasteiger partial charge in [0, 0.05) is 4.88 Å². The molecule has 0 bridgehead atoms. The summed E-state index contributed by atoms with van der Waals surface area (Å²) >= 11 is 10.7. The number of halogens is 2. The smallest absolute Gasteiger partial charge is 0.134 e. The van der Waals surface area contributed by atoms with Crippen molar-refractivity contribution < 1.29 is 4.74 Å². The second-order valence-electron chi connectivity index (χ2n) is 3.28. The number of hydrogen-bond donors (Lipinski definition) is 0. The van der Waals surface area contributed by atoms with E-state index in [0.717, 1.165) is 5.75 Å². The predicted octanol–water partition coefficient (Wildman–Crippen LogP) is 5.37. The van der Waals surface area contributed by atoms with Crippen LogP contribution in [0.3, 0.4) is 0 Å². The van der Waals surface area contributed by atoms with Gasteiger partial charge in [0.1, 0.15) is 5.75 Å². The summed E-state index contributed by atoms with van der Waals surface area (Å²) in [6.07, 6.45) is 0. The van der Waals surface area contributed by atoms with Crippen molar-refractivity contribution in [2.45, 2.75) is 11.8 Å². The van der Waals surface area contributed by atoms with Gasteiger partial charge in [0.05, 0.1) is 20.6 Å². The van der Waals surface area contributed by atoms with E-state index < -0.39 is 0 Å². The SMILES string of the molecule is COc1ccsc1C(Br)c1cc(Br)sc1C. The number of ether oxygens (including phenoxy) is 1. The Balaban J connectivity index is 2.38. The van der Waals surface area contributed by atoms with Crippen LogP contribution in [0, 0.1) is 6.92 Å². The quantitative estimate of drug-likeness (QED) is 0.649. The Bertz CT molecular complexity index is 490. The number of alkyl halides is 1. The van der Waals surface area contributed by atoms with Crippen molar-refractivity contribution in [3.05, 3.63) is 36.6 Å². The fourth-order valence-corrected chi connectivity index (χ4v) is 5.29. The summed E-state index contributed by atoms with van der Waals surface area (Å²) in [6.45, 7) is 2.14. The molecule has 1 atom stereocenters. The van der Waals surface area contributed by atoms with Crippen LogP contribution < -0.4 is 4.74 Å². The summed E-state index contributed by atoms with van der Waals surface area (Å²) in [4.78, 5) is 2.75. The lowest BCUT2D eigenvalue weighted by Crippen LogP contribution is -1.92. The Kier molecular flexibility index (Phi) is 4.11. The highest BCUT2D eigenvalue weighted by atomic mass is 79.9. The Morgan fingerprint density at radius 1 is 1.44 bits per heavy atom. The second kappa shape index (κ2) is 5.21. The molecule has 0 aliphatic rings. The molecule has 2 rings (SSSR count). The summed E-state index contributed by atoms with van der Waals surface area (Å²) in [5.41, 5.74) is 1.30. The molecule has 0 radical (unpaired) electrons. The molecule has 0 amide bonds. The number of aryl methyl sites for hydroxylation is 1. The van der Waals surface area contributed by atoms with Crippen molar-refractivity contribution in [1.29, 1.82) is 0 Å². The van der Waals surface area contributed by atoms with Gasteiger partial charge in [-0.25, -0.2) is 0 Å². The zero-order chi connectivity index (χ0) is 11.7. The first-order chi connectivity index (χ1) is 7.63. The third kappa shape index (κ3) is 2.37. The molecular formula is C11H10Br2OS2. The minimum atomic E-state index is 0.213. The van der Waals surface area contributed by atoms with Gasteiger partial charge < -0.3 is 4.74 Å². The molecule has 86 valence electrons. The Labute approximate surface area is 120 Å². The summed E-state index contributed by atoms with van der Waals surface area (Å²) < 4.78 is 6.51. The van der Waals surface area contributed by atoms with Crippen LogP contribution in [0.5, 0.6) is 5.75 Å². The van der Waals surface area contributed by atoms with E-state index in [1.807, 2.05) is 6.07 Å². The van der Waals surface area contributed by atoms with Gasteiger partial charge in [-0.1, -0.05) is 15.9 Å². The minimum absolute atomic E-state index is 0.213. The second-order valence-corrected chi connectivity index (χ2v) is 7.78. The zero-order valence-electron chi connectivity index (χ0n) is 8.79. The molecule has 2 heterocycles. The van der Waals surface area contributed by atoms with E-state index in [0.29, 0.717) is 0 Å². The first kappa shape index (κ1) is 12.6. The van der Waals surface area contributed by atoms with Crippen LogP contribution in [0.15, 0.2) is 21.3 Å². The average Bonchev–Trinajstić information content (AvgIpc) is 2.83. The number of hydrogen-bond acceptors (Lipinski definition) is 3. The molecule has 0 aliphatic carbocycles. The molecule has 1 unspecified atom stereocenters. The highest BCUT2D eigenvalue weighted by molar-refractivity contribution is 9.11. The lowest BCUT2D eigenvalue weighted by Gasteiger charge is -2.09. The van der Waals surface area contributed by atoms with E-state index in [2.05, 4.69) is 50.2 Å². The normalized spacial score (nSPS) is 12.8. The largest absolute Gasteiger partial charge is 0.496 e. The van der Waals surface area contributed by atoms with Crippen molar-refractivity contribution in [3.8, 4) is 5.75 Å². The van der Waals surface area contributed by atoms with E-state index in [1.54, 1.807) is 29.8 Å². The van der Waals surface area contributed by atoms with Crippen molar-refractivity contribution >= 4 is 54.5 Å². The monoisotopic (exact) mass is 380 g/mol. The maximum Gasteiger partial charge on any atom is 0.134 e. The van der Waals surface area contributed by atoms with Crippen molar-refractivity contribution in [2.24, 2.45) is 0 Å². The molecule has 0 saturated carbocycles. The van der Waals surface area contributed by atoms with Gasteiger partial charge in [0.2, 0.25) is 0 Å². The topological polar surface area (TPSA) is 9.23 Å². The average molecular weight is 382 g/mol. The Morgan fingerprint density at radius 3 is 2.75 bits per heavy atom. The van der Waals surface area contributed by atoms with Crippen LogP contribution in [0.4, 0.5) is 0 Å². The molecule has 5 heteroatoms. The van der Waals surface area contributed by atoms with E-state index in [-0.39, 0.29) is 4.83 Å². The molecule has 0 fully saturated rings. The lowest BCUT2D eigenvalue weighted by atomic mass is 10.1. The van der Waals surface area contributed by atoms with Gasteiger partial charge in [0.15, 0.2) is 0 Å². The fourth-order valence-electron chi connectivity index (χ4n) is 1.51. The van der Waals surface area contributed by atoms with Crippen molar-refractivity contribution in [3.63, 3.8) is 0 Å². The summed E-state index contributed by atoms with van der Waals surface area (Å²) in [7, 11) is 1.71. The van der Waals surface area contributed by atoms with Crippen molar-refractivity contribution in [2.75, 3.05) is 7.11 Å². The van der Waals surface area contributed by atoms with Gasteiger partial charge >= 0.3 is 0 Å². The van der Waals surface area contributed by atoms with Crippen molar-refractivity contribution in [1.82, 2.24) is 0 Å². The maximum atomic E-state index is 5.35. The molecule has 0 aromatic carbocycles. The van der Waals surface area contributed by atoms with Gasteiger partial charge in [-0.3, -0.25) is 0 Å². The first-order valence-electron chi connectivity index (χ1n) is 4.64. The molecule has 0 aliphatic heterocycles. The molecule has 0 spiro atoms. The van der Waals surface area contributed by atoms with Gasteiger partial charge in [0.25, 0.3) is 0 Å². The van der Waals surface area contributed by atoms with Crippen LogP contribution in [0.1, 0.15) is 20.1 Å². The van der Waals surface area contributed by atoms with Gasteiger partial charge in [-0.2, -0.15) is 0 Å².